The van der Waals surface area contributed by atoms with Gasteiger partial charge in [-0.2, -0.15) is 0 Å². The van der Waals surface area contributed by atoms with Crippen LogP contribution in [0.3, 0.4) is 0 Å². The van der Waals surface area contributed by atoms with Gasteiger partial charge in [0, 0.05) is 65.3 Å². The minimum Gasteiger partial charge on any atom is -0.444 e. The Balaban J connectivity index is 1.21. The van der Waals surface area contributed by atoms with E-state index < -0.39 is 59.6 Å². The number of hydrogen-bond acceptors (Lipinski definition) is 14. The number of carbonyl (C=O) groups is 4. The highest BCUT2D eigenvalue weighted by molar-refractivity contribution is 5.84. The predicted octanol–water partition coefficient (Wildman–Crippen LogP) is 1.24. The predicted molar refractivity (Wildman–Crippen MR) is 190 cm³/mol. The van der Waals surface area contributed by atoms with Crippen LogP contribution in [0.5, 0.6) is 0 Å². The highest BCUT2D eigenvalue weighted by Gasteiger charge is 2.58. The van der Waals surface area contributed by atoms with E-state index in [-0.39, 0.29) is 50.9 Å². The van der Waals surface area contributed by atoms with E-state index >= 15 is 0 Å². The van der Waals surface area contributed by atoms with Crippen LogP contribution in [0.15, 0.2) is 12.7 Å². The minimum atomic E-state index is -1.05. The number of nitrogens with zero attached hydrogens (tertiary/aromatic N) is 7. The average molecular weight is 747 g/mol. The van der Waals surface area contributed by atoms with E-state index in [2.05, 4.69) is 25.6 Å². The average Bonchev–Trinajstić information content (AvgIpc) is 3.70. The van der Waals surface area contributed by atoms with Gasteiger partial charge in [0.1, 0.15) is 35.3 Å². The van der Waals surface area contributed by atoms with Gasteiger partial charge in [0.25, 0.3) is 5.91 Å². The first-order valence-corrected chi connectivity index (χ1v) is 18.0. The number of anilines is 1. The number of aromatic nitrogens is 4. The molecule has 4 amide bonds. The minimum absolute atomic E-state index is 0.0000478. The van der Waals surface area contributed by atoms with Gasteiger partial charge >= 0.3 is 12.2 Å². The lowest BCUT2D eigenvalue weighted by Crippen LogP contribution is -2.50. The molecule has 0 bridgehead atoms. The molecular weight excluding hydrogens is 692 g/mol. The molecule has 3 aliphatic heterocycles. The Kier molecular flexibility index (Phi) is 12.0. The zero-order valence-corrected chi connectivity index (χ0v) is 31.9. The molecule has 19 nitrogen and oxygen atoms in total. The topological polar surface area (TPSA) is 218 Å². The van der Waals surface area contributed by atoms with Crippen LogP contribution in [0.2, 0.25) is 0 Å². The molecule has 4 atom stereocenters. The molecule has 53 heavy (non-hydrogen) atoms. The summed E-state index contributed by atoms with van der Waals surface area (Å²) in [6.07, 6.45) is -1.43. The van der Waals surface area contributed by atoms with Gasteiger partial charge in [0.05, 0.1) is 6.33 Å². The molecule has 0 spiro atoms. The molecule has 3 fully saturated rings. The van der Waals surface area contributed by atoms with Gasteiger partial charge in [-0.05, 0) is 55.4 Å². The van der Waals surface area contributed by atoms with Crippen molar-refractivity contribution >= 4 is 41.0 Å². The molecule has 294 valence electrons. The fraction of sp³-hybridized carbons (Fsp3) is 0.735. The summed E-state index contributed by atoms with van der Waals surface area (Å²) in [6.45, 7) is 16.6. The van der Waals surface area contributed by atoms with Crippen molar-refractivity contribution < 1.29 is 42.9 Å². The van der Waals surface area contributed by atoms with Crippen LogP contribution >= 0.6 is 0 Å². The van der Waals surface area contributed by atoms with Crippen LogP contribution in [0.4, 0.5) is 15.4 Å². The Morgan fingerprint density at radius 2 is 1.43 bits per heavy atom. The van der Waals surface area contributed by atoms with Crippen LogP contribution in [0.25, 0.3) is 11.2 Å². The molecule has 3 saturated heterocycles. The van der Waals surface area contributed by atoms with Crippen molar-refractivity contribution in [1.82, 2.24) is 44.9 Å². The molecule has 2 aromatic heterocycles. The Morgan fingerprint density at radius 1 is 0.868 bits per heavy atom. The van der Waals surface area contributed by atoms with Crippen molar-refractivity contribution in [3.05, 3.63) is 12.7 Å². The first-order valence-electron chi connectivity index (χ1n) is 18.0. The second kappa shape index (κ2) is 16.0. The van der Waals surface area contributed by atoms with Gasteiger partial charge in [0.2, 0.25) is 5.91 Å². The van der Waals surface area contributed by atoms with Crippen LogP contribution in [0, 0.1) is 0 Å². The first-order chi connectivity index (χ1) is 24.8. The Hall–Kier alpha value is -4.33. The number of nitrogens with two attached hydrogens (primary N) is 1. The smallest absolute Gasteiger partial charge is 0.410 e. The van der Waals surface area contributed by atoms with Crippen molar-refractivity contribution in [3.8, 4) is 0 Å². The van der Waals surface area contributed by atoms with Crippen molar-refractivity contribution in [2.75, 3.05) is 64.6 Å². The second-order valence-corrected chi connectivity index (χ2v) is 15.7. The third-order valence-corrected chi connectivity index (χ3v) is 8.64. The lowest BCUT2D eigenvalue weighted by atomic mass is 10.1. The number of nitrogen functional groups attached to an aromatic ring is 1. The Bertz CT molecular complexity index is 1640. The summed E-state index contributed by atoms with van der Waals surface area (Å²) in [4.78, 5) is 70.6. The maximum atomic E-state index is 13.6. The van der Waals surface area contributed by atoms with E-state index in [1.54, 1.807) is 69.8 Å². The molecule has 0 radical (unpaired) electrons. The maximum absolute atomic E-state index is 13.6. The van der Waals surface area contributed by atoms with Crippen molar-refractivity contribution in [2.45, 2.75) is 103 Å². The molecule has 3 aliphatic rings. The van der Waals surface area contributed by atoms with Gasteiger partial charge in [-0.25, -0.2) is 24.5 Å². The van der Waals surface area contributed by atoms with E-state index in [0.717, 1.165) is 0 Å². The number of carbonyl (C=O) groups excluding carboxylic acids is 4. The molecule has 4 N–H and O–H groups in total. The van der Waals surface area contributed by atoms with Crippen LogP contribution in [-0.2, 0) is 33.3 Å². The molecular formula is C34H54N10O9. The SMILES string of the molecule is CC(C)(C)OC(=O)N1CCNCCN(C(=O)CCNC(=O)[C@H]2O[C@@H](n3cnc4c(N)ncnc43)[C@@H]3OC(C)(C)O[C@@H]32)CCN(C(=O)OC(C)(C)C)CC1. The van der Waals surface area contributed by atoms with Crippen LogP contribution < -0.4 is 16.4 Å². The van der Waals surface area contributed by atoms with Gasteiger partial charge in [-0.3, -0.25) is 14.2 Å². The molecule has 0 unspecified atom stereocenters. The highest BCUT2D eigenvalue weighted by Crippen LogP contribution is 2.44. The molecule has 0 saturated carbocycles. The van der Waals surface area contributed by atoms with Crippen LogP contribution in [-0.4, -0.2) is 152 Å². The quantitative estimate of drug-likeness (QED) is 0.392. The Labute approximate surface area is 309 Å². The number of fused-ring (bicyclic) bond motifs is 2. The summed E-state index contributed by atoms with van der Waals surface area (Å²) < 4.78 is 31.4. The van der Waals surface area contributed by atoms with Gasteiger partial charge < -0.3 is 54.8 Å². The Morgan fingerprint density at radius 3 is 2.06 bits per heavy atom. The zero-order chi connectivity index (χ0) is 38.7. The van der Waals surface area contributed by atoms with Crippen molar-refractivity contribution in [2.24, 2.45) is 0 Å². The number of imidazole rings is 1. The van der Waals surface area contributed by atoms with Gasteiger partial charge in [-0.15, -0.1) is 0 Å². The molecule has 2 aromatic rings. The summed E-state index contributed by atoms with van der Waals surface area (Å²) in [5.41, 5.74) is 5.38. The molecule has 0 aromatic carbocycles. The first kappa shape index (κ1) is 39.9. The molecule has 5 heterocycles. The van der Waals surface area contributed by atoms with Crippen molar-refractivity contribution in [1.29, 1.82) is 0 Å². The molecule has 19 heteroatoms. The van der Waals surface area contributed by atoms with E-state index in [1.165, 1.54) is 17.6 Å². The summed E-state index contributed by atoms with van der Waals surface area (Å²) >= 11 is 0. The highest BCUT2D eigenvalue weighted by atomic mass is 16.8. The fourth-order valence-electron chi connectivity index (χ4n) is 6.26. The number of hydrogen-bond donors (Lipinski definition) is 3. The third-order valence-electron chi connectivity index (χ3n) is 8.64. The molecule has 0 aliphatic carbocycles. The monoisotopic (exact) mass is 746 g/mol. The third kappa shape index (κ3) is 10.2. The summed E-state index contributed by atoms with van der Waals surface area (Å²) in [5.74, 6) is -1.44. The van der Waals surface area contributed by atoms with Crippen LogP contribution in [0.1, 0.15) is 68.0 Å². The van der Waals surface area contributed by atoms with Gasteiger partial charge in [-0.1, -0.05) is 0 Å². The number of amides is 4. The van der Waals surface area contributed by atoms with Crippen molar-refractivity contribution in [3.63, 3.8) is 0 Å². The summed E-state index contributed by atoms with van der Waals surface area (Å²) in [7, 11) is 0. The standard InChI is InChI=1S/C34H54N10O9/c1-32(2,3)52-30(47)42-14-12-36-11-13-41(15-16-43(18-17-42)31(48)53-33(4,5)6)21(45)9-10-37-28(46)24-23-25(51-34(7,8)50-23)29(49-24)44-20-40-22-26(35)38-19-39-27(22)44/h19-20,23-25,29,36H,9-18H2,1-8H3,(H,37,46)(H2,35,38,39)/t23-,24+,25-,29-/m1/s1. The van der Waals surface area contributed by atoms with Gasteiger partial charge in [0.15, 0.2) is 29.6 Å². The largest absolute Gasteiger partial charge is 0.444 e. The van der Waals surface area contributed by atoms with E-state index in [0.29, 0.717) is 37.3 Å². The zero-order valence-electron chi connectivity index (χ0n) is 31.9. The number of ether oxygens (including phenoxy) is 5. The maximum Gasteiger partial charge on any atom is 0.410 e. The summed E-state index contributed by atoms with van der Waals surface area (Å²) in [6, 6.07) is 0. The normalized spacial score (nSPS) is 24.3. The molecule has 5 rings (SSSR count). The fourth-order valence-corrected chi connectivity index (χ4v) is 6.26. The summed E-state index contributed by atoms with van der Waals surface area (Å²) in [5, 5.41) is 6.12. The number of nitrogens with one attached hydrogen (secondary N) is 2. The lowest BCUT2D eigenvalue weighted by molar-refractivity contribution is -0.197. The second-order valence-electron chi connectivity index (χ2n) is 15.7. The van der Waals surface area contributed by atoms with E-state index in [9.17, 15) is 19.2 Å². The lowest BCUT2D eigenvalue weighted by Gasteiger charge is -2.33. The van der Waals surface area contributed by atoms with E-state index in [4.69, 9.17) is 29.4 Å². The number of rotatable bonds is 5. The van der Waals surface area contributed by atoms with E-state index in [1.807, 2.05) is 0 Å².